The Hall–Kier alpha value is -2.32. The number of rotatable bonds is 5. The first-order valence-corrected chi connectivity index (χ1v) is 10.3. The summed E-state index contributed by atoms with van der Waals surface area (Å²) in [5.74, 6) is 0. The first-order chi connectivity index (χ1) is 12.2. The number of benzene rings is 2. The summed E-state index contributed by atoms with van der Waals surface area (Å²) in [6, 6.07) is 11.8. The molecule has 7 nitrogen and oxygen atoms in total. The molecule has 26 heavy (non-hydrogen) atoms. The first kappa shape index (κ1) is 18.5. The van der Waals surface area contributed by atoms with Crippen molar-refractivity contribution in [3.8, 4) is 0 Å². The Bertz CT molecular complexity index is 949. The van der Waals surface area contributed by atoms with Crippen LogP contribution >= 0.6 is 11.6 Å². The first-order valence-electron chi connectivity index (χ1n) is 7.99. The Kier molecular flexibility index (Phi) is 5.06. The quantitative estimate of drug-likeness (QED) is 0.616. The summed E-state index contributed by atoms with van der Waals surface area (Å²) in [5.41, 5.74) is 1.17. The largest absolute Gasteiger partial charge is 0.380 e. The molecule has 1 fully saturated rings. The highest BCUT2D eigenvalue weighted by Crippen LogP contribution is 2.29. The Labute approximate surface area is 156 Å². The summed E-state index contributed by atoms with van der Waals surface area (Å²) >= 11 is 6.04. The van der Waals surface area contributed by atoms with Crippen LogP contribution in [-0.4, -0.2) is 38.7 Å². The van der Waals surface area contributed by atoms with Crippen LogP contribution in [0.2, 0.25) is 5.02 Å². The van der Waals surface area contributed by atoms with Crippen molar-refractivity contribution in [2.24, 2.45) is 0 Å². The molecule has 1 heterocycles. The van der Waals surface area contributed by atoms with Gasteiger partial charge in [0.15, 0.2) is 9.84 Å². The van der Waals surface area contributed by atoms with Crippen LogP contribution in [0.5, 0.6) is 0 Å². The fourth-order valence-electron chi connectivity index (χ4n) is 3.07. The molecule has 0 bridgehead atoms. The van der Waals surface area contributed by atoms with E-state index in [1.54, 1.807) is 0 Å². The summed E-state index contributed by atoms with van der Waals surface area (Å²) in [6.45, 7) is 1.56. The SMILES string of the molecule is CS(=O)(=O)c1cc(NC2CCN(c3cccc(Cl)c3)C2)ccc1[N+](=O)[O-]. The van der Waals surface area contributed by atoms with Gasteiger partial charge in [0.1, 0.15) is 4.90 Å². The summed E-state index contributed by atoms with van der Waals surface area (Å²) in [4.78, 5) is 12.3. The lowest BCUT2D eigenvalue weighted by molar-refractivity contribution is -0.387. The number of nitrogens with one attached hydrogen (secondary N) is 1. The van der Waals surface area contributed by atoms with Gasteiger partial charge in [0.2, 0.25) is 0 Å². The maximum Gasteiger partial charge on any atom is 0.288 e. The lowest BCUT2D eigenvalue weighted by Crippen LogP contribution is -2.26. The van der Waals surface area contributed by atoms with Gasteiger partial charge in [-0.3, -0.25) is 10.1 Å². The molecule has 138 valence electrons. The van der Waals surface area contributed by atoms with Crippen LogP contribution in [0.25, 0.3) is 0 Å². The molecule has 0 aliphatic carbocycles. The maximum absolute atomic E-state index is 11.9. The minimum atomic E-state index is -3.70. The van der Waals surface area contributed by atoms with E-state index in [-0.39, 0.29) is 10.9 Å². The average molecular weight is 396 g/mol. The van der Waals surface area contributed by atoms with Crippen molar-refractivity contribution in [2.45, 2.75) is 17.4 Å². The maximum atomic E-state index is 11.9. The molecule has 2 aromatic carbocycles. The van der Waals surface area contributed by atoms with Crippen LogP contribution in [0.15, 0.2) is 47.4 Å². The zero-order chi connectivity index (χ0) is 18.9. The monoisotopic (exact) mass is 395 g/mol. The van der Waals surface area contributed by atoms with E-state index >= 15 is 0 Å². The smallest absolute Gasteiger partial charge is 0.288 e. The molecule has 1 aliphatic heterocycles. The predicted octanol–water partition coefficient (Wildman–Crippen LogP) is 3.34. The third-order valence-electron chi connectivity index (χ3n) is 4.29. The van der Waals surface area contributed by atoms with Gasteiger partial charge >= 0.3 is 0 Å². The lowest BCUT2D eigenvalue weighted by atomic mass is 10.2. The van der Waals surface area contributed by atoms with Gasteiger partial charge in [-0.05, 0) is 36.8 Å². The highest BCUT2D eigenvalue weighted by molar-refractivity contribution is 7.90. The second kappa shape index (κ2) is 7.13. The molecule has 1 unspecified atom stereocenters. The molecule has 0 saturated carbocycles. The number of nitro groups is 1. The Morgan fingerprint density at radius 3 is 2.69 bits per heavy atom. The summed E-state index contributed by atoms with van der Waals surface area (Å²) in [7, 11) is -3.70. The number of anilines is 2. The summed E-state index contributed by atoms with van der Waals surface area (Å²) in [6.07, 6.45) is 1.83. The summed E-state index contributed by atoms with van der Waals surface area (Å²) < 4.78 is 23.7. The second-order valence-electron chi connectivity index (χ2n) is 6.27. The molecular formula is C17H18ClN3O4S. The molecule has 2 aromatic rings. The van der Waals surface area contributed by atoms with Gasteiger partial charge in [-0.15, -0.1) is 0 Å². The predicted molar refractivity (Wildman–Crippen MR) is 102 cm³/mol. The van der Waals surface area contributed by atoms with E-state index in [4.69, 9.17) is 11.6 Å². The molecule has 1 N–H and O–H groups in total. The van der Waals surface area contributed by atoms with E-state index in [2.05, 4.69) is 10.2 Å². The van der Waals surface area contributed by atoms with Crippen molar-refractivity contribution in [1.29, 1.82) is 0 Å². The van der Waals surface area contributed by atoms with Crippen LogP contribution in [0.4, 0.5) is 17.1 Å². The number of nitro benzene ring substituents is 1. The van der Waals surface area contributed by atoms with E-state index in [0.717, 1.165) is 31.5 Å². The third kappa shape index (κ3) is 4.08. The van der Waals surface area contributed by atoms with Crippen molar-refractivity contribution in [1.82, 2.24) is 0 Å². The number of hydrogen-bond acceptors (Lipinski definition) is 6. The van der Waals surface area contributed by atoms with Crippen molar-refractivity contribution >= 4 is 38.5 Å². The highest BCUT2D eigenvalue weighted by atomic mass is 35.5. The van der Waals surface area contributed by atoms with Gasteiger partial charge in [-0.2, -0.15) is 0 Å². The second-order valence-corrected chi connectivity index (χ2v) is 8.69. The number of sulfone groups is 1. The van der Waals surface area contributed by atoms with Crippen molar-refractivity contribution in [2.75, 3.05) is 29.6 Å². The highest BCUT2D eigenvalue weighted by Gasteiger charge is 2.25. The Balaban J connectivity index is 1.77. The van der Waals surface area contributed by atoms with E-state index in [0.29, 0.717) is 10.7 Å². The number of halogens is 1. The number of nitrogens with zero attached hydrogens (tertiary/aromatic N) is 2. The van der Waals surface area contributed by atoms with Crippen LogP contribution < -0.4 is 10.2 Å². The molecule has 1 saturated heterocycles. The molecule has 9 heteroatoms. The van der Waals surface area contributed by atoms with E-state index in [1.165, 1.54) is 18.2 Å². The fraction of sp³-hybridized carbons (Fsp3) is 0.294. The minimum Gasteiger partial charge on any atom is -0.380 e. The van der Waals surface area contributed by atoms with Crippen LogP contribution in [-0.2, 0) is 9.84 Å². The minimum absolute atomic E-state index is 0.0999. The van der Waals surface area contributed by atoms with Crippen molar-refractivity contribution in [3.63, 3.8) is 0 Å². The van der Waals surface area contributed by atoms with Gasteiger partial charge in [0.05, 0.1) is 4.92 Å². The molecule has 3 rings (SSSR count). The molecule has 0 aromatic heterocycles. The van der Waals surface area contributed by atoms with Gasteiger partial charge in [-0.1, -0.05) is 17.7 Å². The zero-order valence-corrected chi connectivity index (χ0v) is 15.6. The van der Waals surface area contributed by atoms with E-state index in [1.807, 2.05) is 24.3 Å². The Morgan fingerprint density at radius 2 is 2.04 bits per heavy atom. The van der Waals surface area contributed by atoms with Crippen molar-refractivity contribution < 1.29 is 13.3 Å². The Morgan fingerprint density at radius 1 is 1.27 bits per heavy atom. The summed E-state index contributed by atoms with van der Waals surface area (Å²) in [5, 5.41) is 15.0. The van der Waals surface area contributed by atoms with Gasteiger partial charge in [0.25, 0.3) is 5.69 Å². The normalized spacial score (nSPS) is 17.3. The zero-order valence-electron chi connectivity index (χ0n) is 14.1. The molecule has 1 aliphatic rings. The van der Waals surface area contributed by atoms with Gasteiger partial charge in [0, 0.05) is 47.9 Å². The fourth-order valence-corrected chi connectivity index (χ4v) is 4.12. The molecule has 0 amide bonds. The van der Waals surface area contributed by atoms with Gasteiger partial charge < -0.3 is 10.2 Å². The van der Waals surface area contributed by atoms with E-state index < -0.39 is 20.4 Å². The molecule has 1 atom stereocenters. The van der Waals surface area contributed by atoms with Crippen molar-refractivity contribution in [3.05, 3.63) is 57.6 Å². The molecule has 0 radical (unpaired) electrons. The third-order valence-corrected chi connectivity index (χ3v) is 5.65. The lowest BCUT2D eigenvalue weighted by Gasteiger charge is -2.20. The molecule has 0 spiro atoms. The average Bonchev–Trinajstić information content (AvgIpc) is 3.02. The standard InChI is InChI=1S/C17H18ClN3O4S/c1-26(24,25)17-10-13(5-6-16(17)21(22)23)19-14-7-8-20(11-14)15-4-2-3-12(18)9-15/h2-6,9-10,14,19H,7-8,11H2,1H3. The number of hydrogen-bond donors (Lipinski definition) is 1. The van der Waals surface area contributed by atoms with Gasteiger partial charge in [-0.25, -0.2) is 8.42 Å². The van der Waals surface area contributed by atoms with E-state index in [9.17, 15) is 18.5 Å². The van der Waals surface area contributed by atoms with Crippen LogP contribution in [0.1, 0.15) is 6.42 Å². The van der Waals surface area contributed by atoms with Crippen LogP contribution in [0, 0.1) is 10.1 Å². The topological polar surface area (TPSA) is 92.6 Å². The molecular weight excluding hydrogens is 378 g/mol. The van der Waals surface area contributed by atoms with Crippen LogP contribution in [0.3, 0.4) is 0 Å².